The Hall–Kier alpha value is -2.09. The van der Waals surface area contributed by atoms with E-state index in [0.29, 0.717) is 0 Å². The van der Waals surface area contributed by atoms with Crippen LogP contribution >= 0.6 is 0 Å². The zero-order valence-electron chi connectivity index (χ0n) is 11.2. The third-order valence-electron chi connectivity index (χ3n) is 3.95. The Bertz CT molecular complexity index is 630. The van der Waals surface area contributed by atoms with E-state index in [1.54, 1.807) is 0 Å². The summed E-state index contributed by atoms with van der Waals surface area (Å²) in [5.41, 5.74) is 4.01. The fraction of sp³-hybridized carbons (Fsp3) is 0.235. The fourth-order valence-corrected chi connectivity index (χ4v) is 2.75. The van der Waals surface area contributed by atoms with Crippen molar-refractivity contribution in [3.05, 3.63) is 65.2 Å². The summed E-state index contributed by atoms with van der Waals surface area (Å²) in [7, 11) is 0. The molecule has 0 bridgehead atoms. The number of carbonyl (C=O) groups excluding carboxylic acids is 1. The topological polar surface area (TPSA) is 29.1 Å². The fourth-order valence-electron chi connectivity index (χ4n) is 2.75. The predicted molar refractivity (Wildman–Crippen MR) is 77.3 cm³/mol. The van der Waals surface area contributed by atoms with Gasteiger partial charge in [0.1, 0.15) is 0 Å². The van der Waals surface area contributed by atoms with E-state index in [4.69, 9.17) is 0 Å². The van der Waals surface area contributed by atoms with Crippen LogP contribution in [0.5, 0.6) is 0 Å². The molecule has 0 fully saturated rings. The van der Waals surface area contributed by atoms with Gasteiger partial charge in [-0.2, -0.15) is 0 Å². The van der Waals surface area contributed by atoms with Crippen molar-refractivity contribution < 1.29 is 4.79 Å². The van der Waals surface area contributed by atoms with E-state index in [1.807, 2.05) is 31.2 Å². The van der Waals surface area contributed by atoms with Crippen LogP contribution in [0, 0.1) is 6.92 Å². The smallest absolute Gasteiger partial charge is 0.235 e. The van der Waals surface area contributed by atoms with Gasteiger partial charge in [0.15, 0.2) is 0 Å². The molecule has 0 radical (unpaired) electrons. The van der Waals surface area contributed by atoms with Crippen LogP contribution in [0.2, 0.25) is 0 Å². The summed E-state index contributed by atoms with van der Waals surface area (Å²) in [6.45, 7) is 4.09. The lowest BCUT2D eigenvalue weighted by Crippen LogP contribution is -2.33. The highest BCUT2D eigenvalue weighted by Gasteiger charge is 2.42. The molecule has 1 aliphatic rings. The summed E-state index contributed by atoms with van der Waals surface area (Å²) in [6, 6.07) is 16.4. The Kier molecular flexibility index (Phi) is 2.67. The molecule has 1 N–H and O–H groups in total. The lowest BCUT2D eigenvalue weighted by molar-refractivity contribution is -0.120. The summed E-state index contributed by atoms with van der Waals surface area (Å²) < 4.78 is 0. The van der Waals surface area contributed by atoms with Crippen molar-refractivity contribution in [2.45, 2.75) is 25.7 Å². The first kappa shape index (κ1) is 12.0. The van der Waals surface area contributed by atoms with E-state index in [2.05, 4.69) is 36.5 Å². The van der Waals surface area contributed by atoms with Crippen LogP contribution in [0.4, 0.5) is 5.69 Å². The van der Waals surface area contributed by atoms with Crippen molar-refractivity contribution in [3.8, 4) is 0 Å². The number of para-hydroxylation sites is 1. The van der Waals surface area contributed by atoms with Crippen molar-refractivity contribution in [2.24, 2.45) is 0 Å². The molecule has 2 nitrogen and oxygen atoms in total. The number of anilines is 1. The summed E-state index contributed by atoms with van der Waals surface area (Å²) in [6.07, 6.45) is 0.732. The minimum absolute atomic E-state index is 0.0919. The minimum atomic E-state index is -0.466. The molecule has 1 aliphatic heterocycles. The number of hydrogen-bond donors (Lipinski definition) is 1. The molecule has 96 valence electrons. The first-order valence-corrected chi connectivity index (χ1v) is 6.56. The zero-order chi connectivity index (χ0) is 13.5. The van der Waals surface area contributed by atoms with Crippen LogP contribution in [0.25, 0.3) is 0 Å². The third-order valence-corrected chi connectivity index (χ3v) is 3.95. The molecule has 0 aliphatic carbocycles. The van der Waals surface area contributed by atoms with Gasteiger partial charge in [-0.25, -0.2) is 0 Å². The lowest BCUT2D eigenvalue weighted by Gasteiger charge is -2.22. The SMILES string of the molecule is Cc1ccc(CC2(C)C(=O)Nc3ccccc32)cc1. The summed E-state index contributed by atoms with van der Waals surface area (Å²) >= 11 is 0. The Labute approximate surface area is 113 Å². The Morgan fingerprint density at radius 1 is 1.05 bits per heavy atom. The van der Waals surface area contributed by atoms with Gasteiger partial charge in [0.25, 0.3) is 0 Å². The molecule has 2 aromatic carbocycles. The first-order chi connectivity index (χ1) is 9.09. The second kappa shape index (κ2) is 4.23. The van der Waals surface area contributed by atoms with E-state index in [1.165, 1.54) is 11.1 Å². The van der Waals surface area contributed by atoms with Gasteiger partial charge >= 0.3 is 0 Å². The summed E-state index contributed by atoms with van der Waals surface area (Å²) in [4.78, 5) is 12.3. The highest BCUT2D eigenvalue weighted by atomic mass is 16.2. The second-order valence-corrected chi connectivity index (χ2v) is 5.49. The number of rotatable bonds is 2. The Morgan fingerprint density at radius 3 is 2.47 bits per heavy atom. The van der Waals surface area contributed by atoms with Crippen LogP contribution in [0.3, 0.4) is 0 Å². The second-order valence-electron chi connectivity index (χ2n) is 5.49. The number of nitrogens with one attached hydrogen (secondary N) is 1. The molecule has 1 atom stereocenters. The maximum absolute atomic E-state index is 12.3. The average Bonchev–Trinajstić information content (AvgIpc) is 2.65. The number of benzene rings is 2. The monoisotopic (exact) mass is 251 g/mol. The Balaban J connectivity index is 1.99. The lowest BCUT2D eigenvalue weighted by atomic mass is 9.78. The molecule has 1 unspecified atom stereocenters. The van der Waals surface area contributed by atoms with Crippen LogP contribution in [-0.4, -0.2) is 5.91 Å². The summed E-state index contributed by atoms with van der Waals surface area (Å²) in [5.74, 6) is 0.0919. The molecule has 2 heteroatoms. The molecule has 3 rings (SSSR count). The normalized spacial score (nSPS) is 21.1. The van der Waals surface area contributed by atoms with E-state index in [0.717, 1.165) is 17.7 Å². The zero-order valence-corrected chi connectivity index (χ0v) is 11.2. The average molecular weight is 251 g/mol. The molecule has 1 heterocycles. The summed E-state index contributed by atoms with van der Waals surface area (Å²) in [5, 5.41) is 2.98. The highest BCUT2D eigenvalue weighted by molar-refractivity contribution is 6.06. The largest absolute Gasteiger partial charge is 0.325 e. The van der Waals surface area contributed by atoms with Crippen molar-refractivity contribution in [2.75, 3.05) is 5.32 Å². The van der Waals surface area contributed by atoms with Crippen molar-refractivity contribution in [3.63, 3.8) is 0 Å². The minimum Gasteiger partial charge on any atom is -0.325 e. The van der Waals surface area contributed by atoms with Crippen LogP contribution < -0.4 is 5.32 Å². The van der Waals surface area contributed by atoms with Crippen molar-refractivity contribution in [1.82, 2.24) is 0 Å². The molecule has 0 saturated carbocycles. The highest BCUT2D eigenvalue weighted by Crippen LogP contribution is 2.39. The van der Waals surface area contributed by atoms with Gasteiger partial charge in [-0.15, -0.1) is 0 Å². The maximum atomic E-state index is 12.3. The number of amides is 1. The van der Waals surface area contributed by atoms with Gasteiger partial charge < -0.3 is 5.32 Å². The quantitative estimate of drug-likeness (QED) is 0.870. The van der Waals surface area contributed by atoms with Crippen LogP contribution in [0.1, 0.15) is 23.6 Å². The van der Waals surface area contributed by atoms with Gasteiger partial charge in [0.05, 0.1) is 5.41 Å². The van der Waals surface area contributed by atoms with E-state index in [9.17, 15) is 4.79 Å². The molecule has 0 saturated heterocycles. The first-order valence-electron chi connectivity index (χ1n) is 6.56. The van der Waals surface area contributed by atoms with E-state index < -0.39 is 5.41 Å². The molecule has 0 aromatic heterocycles. The van der Waals surface area contributed by atoms with Crippen LogP contribution in [-0.2, 0) is 16.6 Å². The number of fused-ring (bicyclic) bond motifs is 1. The van der Waals surface area contributed by atoms with Gasteiger partial charge in [-0.3, -0.25) is 4.79 Å². The number of carbonyl (C=O) groups is 1. The molecule has 19 heavy (non-hydrogen) atoms. The van der Waals surface area contributed by atoms with Gasteiger partial charge in [0, 0.05) is 5.69 Å². The number of hydrogen-bond acceptors (Lipinski definition) is 1. The molecule has 0 spiro atoms. The van der Waals surface area contributed by atoms with Crippen LogP contribution in [0.15, 0.2) is 48.5 Å². The molecule has 2 aromatic rings. The van der Waals surface area contributed by atoms with E-state index >= 15 is 0 Å². The third kappa shape index (κ3) is 1.93. The molecular weight excluding hydrogens is 234 g/mol. The standard InChI is InChI=1S/C17H17NO/c1-12-7-9-13(10-8-12)11-17(2)14-5-3-4-6-15(14)18-16(17)19/h3-10H,11H2,1-2H3,(H,18,19). The van der Waals surface area contributed by atoms with Gasteiger partial charge in [-0.05, 0) is 37.5 Å². The number of aryl methyl sites for hydroxylation is 1. The predicted octanol–water partition coefficient (Wildman–Crippen LogP) is 3.45. The van der Waals surface area contributed by atoms with Gasteiger partial charge in [-0.1, -0.05) is 48.0 Å². The maximum Gasteiger partial charge on any atom is 0.235 e. The van der Waals surface area contributed by atoms with E-state index in [-0.39, 0.29) is 5.91 Å². The molecule has 1 amide bonds. The van der Waals surface area contributed by atoms with Crippen molar-refractivity contribution >= 4 is 11.6 Å². The van der Waals surface area contributed by atoms with Gasteiger partial charge in [0.2, 0.25) is 5.91 Å². The van der Waals surface area contributed by atoms with Crippen molar-refractivity contribution in [1.29, 1.82) is 0 Å². The Morgan fingerprint density at radius 2 is 1.74 bits per heavy atom. The molecular formula is C17H17NO.